The summed E-state index contributed by atoms with van der Waals surface area (Å²) in [7, 11) is 0. The topological polar surface area (TPSA) is 57.4 Å². The molecule has 0 aliphatic carbocycles. The van der Waals surface area contributed by atoms with E-state index >= 15 is 0 Å². The molecule has 0 aromatic carbocycles. The highest BCUT2D eigenvalue weighted by atomic mass is 14.9. The maximum Gasteiger partial charge on any atom is 0.105 e. The number of imidazole rings is 2. The number of aromatic amines is 2. The normalized spacial score (nSPS) is 11.0. The number of nitrogens with one attached hydrogen (secondary N) is 2. The van der Waals surface area contributed by atoms with Crippen molar-refractivity contribution in [1.29, 1.82) is 0 Å². The van der Waals surface area contributed by atoms with Crippen molar-refractivity contribution < 1.29 is 0 Å². The van der Waals surface area contributed by atoms with Gasteiger partial charge in [-0.1, -0.05) is 155 Å². The molecule has 0 bridgehead atoms. The van der Waals surface area contributed by atoms with Gasteiger partial charge in [-0.15, -0.1) is 0 Å². The summed E-state index contributed by atoms with van der Waals surface area (Å²) in [5.41, 5.74) is 0. The number of H-pyrrole nitrogens is 2. The average molecular weight is 529 g/mol. The Balaban J connectivity index is 0.000000399. The SMILES string of the molecule is CCCCCCCCCCCCCCCCCc1ncc[nH]1.CCCCCCCCCCCc1ncc[nH]1. The second kappa shape index (κ2) is 28.4. The third kappa shape index (κ3) is 23.5. The van der Waals surface area contributed by atoms with Gasteiger partial charge in [0.2, 0.25) is 0 Å². The van der Waals surface area contributed by atoms with E-state index < -0.39 is 0 Å². The highest BCUT2D eigenvalue weighted by Gasteiger charge is 1.97. The maximum absolute atomic E-state index is 4.26. The zero-order valence-corrected chi connectivity index (χ0v) is 25.6. The van der Waals surface area contributed by atoms with Gasteiger partial charge in [0.25, 0.3) is 0 Å². The molecule has 220 valence electrons. The second-order valence-corrected chi connectivity index (χ2v) is 11.3. The van der Waals surface area contributed by atoms with E-state index in [2.05, 4.69) is 33.8 Å². The highest BCUT2D eigenvalue weighted by Crippen LogP contribution is 2.14. The standard InChI is InChI=1S/C20H38N2.C14H26N2/c1-2-3-4-5-6-7-8-9-10-11-12-13-14-15-16-17-20-21-18-19-22-20;1-2-3-4-5-6-7-8-9-10-11-14-15-12-13-16-14/h18-19H,2-17H2,1H3,(H,21,22);12-13H,2-11H2,1H3,(H,15,16). The molecular formula is C34H64N4. The summed E-state index contributed by atoms with van der Waals surface area (Å²) < 4.78 is 0. The zero-order valence-electron chi connectivity index (χ0n) is 25.6. The van der Waals surface area contributed by atoms with Gasteiger partial charge in [0, 0.05) is 37.6 Å². The number of hydrogen-bond donors (Lipinski definition) is 2. The summed E-state index contributed by atoms with van der Waals surface area (Å²) in [5.74, 6) is 2.29. The van der Waals surface area contributed by atoms with Crippen molar-refractivity contribution in [3.05, 3.63) is 36.4 Å². The highest BCUT2D eigenvalue weighted by molar-refractivity contribution is 4.87. The number of aryl methyl sites for hydroxylation is 2. The Morgan fingerprint density at radius 3 is 0.895 bits per heavy atom. The molecule has 2 rings (SSSR count). The van der Waals surface area contributed by atoms with Crippen LogP contribution in [-0.2, 0) is 12.8 Å². The van der Waals surface area contributed by atoms with Crippen LogP contribution >= 0.6 is 0 Å². The van der Waals surface area contributed by atoms with E-state index in [0.29, 0.717) is 0 Å². The molecule has 0 radical (unpaired) electrons. The number of nitrogens with zero attached hydrogens (tertiary/aromatic N) is 2. The lowest BCUT2D eigenvalue weighted by Crippen LogP contribution is -1.88. The van der Waals surface area contributed by atoms with E-state index in [-0.39, 0.29) is 0 Å². The summed E-state index contributed by atoms with van der Waals surface area (Å²) in [6, 6.07) is 0. The van der Waals surface area contributed by atoms with Crippen molar-refractivity contribution in [3.8, 4) is 0 Å². The average Bonchev–Trinajstić information content (AvgIpc) is 3.65. The fourth-order valence-electron chi connectivity index (χ4n) is 5.14. The van der Waals surface area contributed by atoms with E-state index in [4.69, 9.17) is 0 Å². The zero-order chi connectivity index (χ0) is 27.2. The van der Waals surface area contributed by atoms with Gasteiger partial charge in [0.1, 0.15) is 11.6 Å². The molecule has 0 amide bonds. The number of rotatable bonds is 26. The van der Waals surface area contributed by atoms with Gasteiger partial charge in [0.05, 0.1) is 0 Å². The Bertz CT molecular complexity index is 650. The fraction of sp³-hybridized carbons (Fsp3) is 0.824. The molecule has 0 saturated heterocycles. The Kier molecular flexibility index (Phi) is 25.8. The summed E-state index contributed by atoms with van der Waals surface area (Å²) in [6.45, 7) is 4.56. The molecule has 4 nitrogen and oxygen atoms in total. The molecule has 0 saturated carbocycles. The van der Waals surface area contributed by atoms with Gasteiger partial charge in [-0.3, -0.25) is 0 Å². The summed E-state index contributed by atoms with van der Waals surface area (Å²) in [5, 5.41) is 0. The second-order valence-electron chi connectivity index (χ2n) is 11.3. The first kappa shape index (κ1) is 34.4. The molecule has 0 spiro atoms. The Hall–Kier alpha value is -1.58. The van der Waals surface area contributed by atoms with Crippen LogP contribution in [0, 0.1) is 0 Å². The van der Waals surface area contributed by atoms with Crippen molar-refractivity contribution in [3.63, 3.8) is 0 Å². The quantitative estimate of drug-likeness (QED) is 0.119. The van der Waals surface area contributed by atoms with Crippen LogP contribution in [0.2, 0.25) is 0 Å². The predicted octanol–water partition coefficient (Wildman–Crippen LogP) is 11.3. The van der Waals surface area contributed by atoms with Crippen LogP contribution in [-0.4, -0.2) is 19.9 Å². The van der Waals surface area contributed by atoms with Gasteiger partial charge in [-0.05, 0) is 12.8 Å². The first-order chi connectivity index (χ1) is 18.9. The maximum atomic E-state index is 4.26. The molecule has 0 atom stereocenters. The van der Waals surface area contributed by atoms with E-state index in [0.717, 1.165) is 24.5 Å². The van der Waals surface area contributed by atoms with E-state index in [1.54, 1.807) is 0 Å². The smallest absolute Gasteiger partial charge is 0.105 e. The molecule has 2 heterocycles. The van der Waals surface area contributed by atoms with Gasteiger partial charge in [-0.25, -0.2) is 9.97 Å². The number of aromatic nitrogens is 4. The Morgan fingerprint density at radius 1 is 0.395 bits per heavy atom. The van der Waals surface area contributed by atoms with Crippen molar-refractivity contribution in [2.45, 2.75) is 181 Å². The fourth-order valence-corrected chi connectivity index (χ4v) is 5.14. The van der Waals surface area contributed by atoms with Crippen LogP contribution in [0.3, 0.4) is 0 Å². The molecule has 4 heteroatoms. The van der Waals surface area contributed by atoms with Crippen LogP contribution < -0.4 is 0 Å². The van der Waals surface area contributed by atoms with E-state index in [1.807, 2.05) is 24.8 Å². The first-order valence-corrected chi connectivity index (χ1v) is 16.8. The molecule has 2 N–H and O–H groups in total. The minimum absolute atomic E-state index is 1.11. The minimum atomic E-state index is 1.11. The largest absolute Gasteiger partial charge is 0.349 e. The monoisotopic (exact) mass is 529 g/mol. The lowest BCUT2D eigenvalue weighted by Gasteiger charge is -2.03. The Labute approximate surface area is 237 Å². The first-order valence-electron chi connectivity index (χ1n) is 16.8. The summed E-state index contributed by atoms with van der Waals surface area (Å²) in [6.07, 6.45) is 43.7. The third-order valence-corrected chi connectivity index (χ3v) is 7.64. The van der Waals surface area contributed by atoms with Gasteiger partial charge < -0.3 is 9.97 Å². The molecule has 0 fully saturated rings. The number of unbranched alkanes of at least 4 members (excludes halogenated alkanes) is 22. The molecule has 0 unspecified atom stereocenters. The van der Waals surface area contributed by atoms with Crippen molar-refractivity contribution >= 4 is 0 Å². The Morgan fingerprint density at radius 2 is 0.658 bits per heavy atom. The third-order valence-electron chi connectivity index (χ3n) is 7.64. The molecular weight excluding hydrogens is 464 g/mol. The van der Waals surface area contributed by atoms with Crippen molar-refractivity contribution in [2.75, 3.05) is 0 Å². The van der Waals surface area contributed by atoms with Crippen LogP contribution in [0.5, 0.6) is 0 Å². The lowest BCUT2D eigenvalue weighted by atomic mass is 10.0. The van der Waals surface area contributed by atoms with Crippen LogP contribution in [0.1, 0.15) is 180 Å². The molecule has 2 aromatic heterocycles. The lowest BCUT2D eigenvalue weighted by molar-refractivity contribution is 0.531. The van der Waals surface area contributed by atoms with E-state index in [9.17, 15) is 0 Å². The van der Waals surface area contributed by atoms with Crippen LogP contribution in [0.25, 0.3) is 0 Å². The van der Waals surface area contributed by atoms with E-state index in [1.165, 1.54) is 154 Å². The minimum Gasteiger partial charge on any atom is -0.349 e. The van der Waals surface area contributed by atoms with Gasteiger partial charge in [-0.2, -0.15) is 0 Å². The van der Waals surface area contributed by atoms with Gasteiger partial charge >= 0.3 is 0 Å². The predicted molar refractivity (Wildman–Crippen MR) is 167 cm³/mol. The van der Waals surface area contributed by atoms with Crippen LogP contribution in [0.4, 0.5) is 0 Å². The molecule has 38 heavy (non-hydrogen) atoms. The summed E-state index contributed by atoms with van der Waals surface area (Å²) in [4.78, 5) is 14.8. The van der Waals surface area contributed by atoms with Crippen LogP contribution in [0.15, 0.2) is 24.8 Å². The summed E-state index contributed by atoms with van der Waals surface area (Å²) >= 11 is 0. The van der Waals surface area contributed by atoms with Gasteiger partial charge in [0.15, 0.2) is 0 Å². The molecule has 2 aromatic rings. The number of hydrogen-bond acceptors (Lipinski definition) is 2. The van der Waals surface area contributed by atoms with Crippen molar-refractivity contribution in [1.82, 2.24) is 19.9 Å². The van der Waals surface area contributed by atoms with Crippen molar-refractivity contribution in [2.24, 2.45) is 0 Å². The molecule has 0 aliphatic heterocycles. The molecule has 0 aliphatic rings.